The zero-order valence-electron chi connectivity index (χ0n) is 12.1. The summed E-state index contributed by atoms with van der Waals surface area (Å²) in [6.45, 7) is 3.87. The highest BCUT2D eigenvalue weighted by atomic mass is 16.5. The molecule has 1 aliphatic heterocycles. The van der Waals surface area contributed by atoms with Crippen molar-refractivity contribution in [1.82, 2.24) is 10.2 Å². The molecule has 0 bridgehead atoms. The number of ether oxygens (including phenoxy) is 1. The fourth-order valence-corrected chi connectivity index (χ4v) is 2.51. The van der Waals surface area contributed by atoms with Crippen molar-refractivity contribution in [1.29, 1.82) is 0 Å². The summed E-state index contributed by atoms with van der Waals surface area (Å²) in [6, 6.07) is 5.70. The number of hydrogen-bond acceptors (Lipinski definition) is 3. The molecule has 0 aromatic heterocycles. The first-order valence-electron chi connectivity index (χ1n) is 6.58. The second kappa shape index (κ2) is 5.21. The third kappa shape index (κ3) is 2.73. The van der Waals surface area contributed by atoms with Gasteiger partial charge in [-0.2, -0.15) is 0 Å². The van der Waals surface area contributed by atoms with Gasteiger partial charge in [0, 0.05) is 17.5 Å². The highest BCUT2D eigenvalue weighted by Crippen LogP contribution is 2.35. The van der Waals surface area contributed by atoms with E-state index in [0.29, 0.717) is 6.54 Å². The minimum Gasteiger partial charge on any atom is -0.497 e. The predicted molar refractivity (Wildman–Crippen MR) is 75.9 cm³/mol. The molecule has 1 heterocycles. The number of benzene rings is 1. The van der Waals surface area contributed by atoms with Gasteiger partial charge in [-0.05, 0) is 50.8 Å². The highest BCUT2D eigenvalue weighted by Gasteiger charge is 2.35. The number of nitrogens with one attached hydrogen (secondary N) is 1. The van der Waals surface area contributed by atoms with Gasteiger partial charge in [0.1, 0.15) is 5.75 Å². The topological polar surface area (TPSA) is 41.6 Å². The molecular formula is C15H22N2O2. The molecule has 1 atom stereocenters. The van der Waals surface area contributed by atoms with Gasteiger partial charge < -0.3 is 15.0 Å². The maximum Gasteiger partial charge on any atom is 0.251 e. The van der Waals surface area contributed by atoms with Crippen molar-refractivity contribution < 1.29 is 9.53 Å². The van der Waals surface area contributed by atoms with Crippen LogP contribution in [0.1, 0.15) is 29.3 Å². The summed E-state index contributed by atoms with van der Waals surface area (Å²) in [5.41, 5.74) is 1.83. The second-order valence-corrected chi connectivity index (χ2v) is 5.71. The molecule has 0 saturated heterocycles. The molecule has 0 radical (unpaired) electrons. The molecule has 0 fully saturated rings. The van der Waals surface area contributed by atoms with Gasteiger partial charge in [0.2, 0.25) is 0 Å². The Bertz CT molecular complexity index is 485. The molecule has 19 heavy (non-hydrogen) atoms. The number of fused-ring (bicyclic) bond motifs is 1. The van der Waals surface area contributed by atoms with Crippen molar-refractivity contribution in [3.8, 4) is 5.75 Å². The first-order chi connectivity index (χ1) is 8.96. The van der Waals surface area contributed by atoms with Gasteiger partial charge >= 0.3 is 0 Å². The lowest BCUT2D eigenvalue weighted by molar-refractivity contribution is 0.0923. The average molecular weight is 262 g/mol. The second-order valence-electron chi connectivity index (χ2n) is 5.71. The Morgan fingerprint density at radius 3 is 2.79 bits per heavy atom. The third-order valence-corrected chi connectivity index (χ3v) is 3.87. The summed E-state index contributed by atoms with van der Waals surface area (Å²) in [5, 5.41) is 2.99. The van der Waals surface area contributed by atoms with E-state index >= 15 is 0 Å². The van der Waals surface area contributed by atoms with Gasteiger partial charge in [-0.1, -0.05) is 6.92 Å². The van der Waals surface area contributed by atoms with Crippen LogP contribution < -0.4 is 10.1 Å². The molecule has 1 N–H and O–H groups in total. The number of nitrogens with zero attached hydrogens (tertiary/aromatic N) is 1. The largest absolute Gasteiger partial charge is 0.497 e. The summed E-state index contributed by atoms with van der Waals surface area (Å²) in [4.78, 5) is 14.1. The predicted octanol–water partition coefficient (Wildman–Crippen LogP) is 1.65. The Labute approximate surface area is 114 Å². The maximum absolute atomic E-state index is 11.9. The Hall–Kier alpha value is -1.55. The number of rotatable bonds is 4. The summed E-state index contributed by atoms with van der Waals surface area (Å²) in [6.07, 6.45) is 1.00. The molecule has 4 nitrogen and oxygen atoms in total. The summed E-state index contributed by atoms with van der Waals surface area (Å²) < 4.78 is 5.29. The van der Waals surface area contributed by atoms with E-state index in [1.807, 2.05) is 18.2 Å². The molecule has 104 valence electrons. The smallest absolute Gasteiger partial charge is 0.251 e. The Morgan fingerprint density at radius 2 is 2.16 bits per heavy atom. The molecule has 1 aromatic rings. The Morgan fingerprint density at radius 1 is 1.42 bits per heavy atom. The van der Waals surface area contributed by atoms with Gasteiger partial charge in [0.25, 0.3) is 5.91 Å². The first kappa shape index (κ1) is 13.9. The fraction of sp³-hybridized carbons (Fsp3) is 0.533. The molecule has 1 aliphatic rings. The lowest BCUT2D eigenvalue weighted by Gasteiger charge is -2.37. The van der Waals surface area contributed by atoms with Crippen molar-refractivity contribution in [2.75, 3.05) is 34.3 Å². The first-order valence-corrected chi connectivity index (χ1v) is 6.58. The zero-order chi connectivity index (χ0) is 14.0. The normalized spacial score (nSPS) is 22.1. The lowest BCUT2D eigenvalue weighted by atomic mass is 9.74. The van der Waals surface area contributed by atoms with Gasteiger partial charge in [0.05, 0.1) is 7.11 Å². The van der Waals surface area contributed by atoms with Crippen molar-refractivity contribution in [3.63, 3.8) is 0 Å². The number of carbonyl (C=O) groups excluding carboxylic acids is 1. The van der Waals surface area contributed by atoms with Gasteiger partial charge in [0.15, 0.2) is 0 Å². The summed E-state index contributed by atoms with van der Waals surface area (Å²) >= 11 is 0. The summed E-state index contributed by atoms with van der Waals surface area (Å²) in [5.74, 6) is 0.824. The van der Waals surface area contributed by atoms with E-state index in [0.717, 1.165) is 29.8 Å². The van der Waals surface area contributed by atoms with E-state index in [1.165, 1.54) is 0 Å². The van der Waals surface area contributed by atoms with Crippen LogP contribution in [0, 0.1) is 0 Å². The van der Waals surface area contributed by atoms with E-state index in [4.69, 9.17) is 4.74 Å². The van der Waals surface area contributed by atoms with Crippen LogP contribution in [-0.2, 0) is 5.41 Å². The van der Waals surface area contributed by atoms with Crippen molar-refractivity contribution in [3.05, 3.63) is 29.3 Å². The fourth-order valence-electron chi connectivity index (χ4n) is 2.51. The molecule has 2 rings (SSSR count). The van der Waals surface area contributed by atoms with Crippen molar-refractivity contribution in [2.24, 2.45) is 0 Å². The third-order valence-electron chi connectivity index (χ3n) is 3.87. The molecule has 4 heteroatoms. The highest BCUT2D eigenvalue weighted by molar-refractivity contribution is 5.97. The van der Waals surface area contributed by atoms with Gasteiger partial charge in [-0.15, -0.1) is 0 Å². The average Bonchev–Trinajstić information content (AvgIpc) is 2.41. The van der Waals surface area contributed by atoms with Crippen LogP contribution >= 0.6 is 0 Å². The van der Waals surface area contributed by atoms with Crippen LogP contribution in [0.25, 0.3) is 0 Å². The number of hydrogen-bond donors (Lipinski definition) is 1. The number of carbonyl (C=O) groups is 1. The van der Waals surface area contributed by atoms with E-state index in [2.05, 4.69) is 31.2 Å². The lowest BCUT2D eigenvalue weighted by Crippen LogP contribution is -2.46. The van der Waals surface area contributed by atoms with E-state index in [1.54, 1.807) is 7.11 Å². The summed E-state index contributed by atoms with van der Waals surface area (Å²) in [7, 11) is 5.79. The zero-order valence-corrected chi connectivity index (χ0v) is 12.1. The number of amides is 1. The Balaban J connectivity index is 2.39. The van der Waals surface area contributed by atoms with Crippen molar-refractivity contribution in [2.45, 2.75) is 18.8 Å². The monoisotopic (exact) mass is 262 g/mol. The van der Waals surface area contributed by atoms with E-state index in [9.17, 15) is 4.79 Å². The SMILES string of the molecule is COc1ccc2c(c1)C(C)(CCN(C)C)CNC2=O. The van der Waals surface area contributed by atoms with Crippen molar-refractivity contribution >= 4 is 5.91 Å². The van der Waals surface area contributed by atoms with Crippen LogP contribution in [-0.4, -0.2) is 45.1 Å². The van der Waals surface area contributed by atoms with Crippen LogP contribution in [0.3, 0.4) is 0 Å². The quantitative estimate of drug-likeness (QED) is 0.897. The van der Waals surface area contributed by atoms with Crippen LogP contribution in [0.2, 0.25) is 0 Å². The minimum absolute atomic E-state index is 0.0139. The van der Waals surface area contributed by atoms with Gasteiger partial charge in [-0.3, -0.25) is 4.79 Å². The number of methoxy groups -OCH3 is 1. The molecule has 1 amide bonds. The van der Waals surface area contributed by atoms with E-state index < -0.39 is 0 Å². The maximum atomic E-state index is 11.9. The molecule has 0 saturated carbocycles. The van der Waals surface area contributed by atoms with Crippen LogP contribution in [0.15, 0.2) is 18.2 Å². The molecule has 1 aromatic carbocycles. The minimum atomic E-state index is -0.0396. The van der Waals surface area contributed by atoms with Gasteiger partial charge in [-0.25, -0.2) is 0 Å². The molecule has 1 unspecified atom stereocenters. The Kier molecular flexibility index (Phi) is 3.80. The van der Waals surface area contributed by atoms with E-state index in [-0.39, 0.29) is 11.3 Å². The standard InChI is InChI=1S/C15H22N2O2/c1-15(7-8-17(2)3)10-16-14(18)12-6-5-11(19-4)9-13(12)15/h5-6,9H,7-8,10H2,1-4H3,(H,16,18). The molecule has 0 aliphatic carbocycles. The molecular weight excluding hydrogens is 240 g/mol. The molecule has 0 spiro atoms. The van der Waals surface area contributed by atoms with Crippen LogP contribution in [0.4, 0.5) is 0 Å². The van der Waals surface area contributed by atoms with Crippen LogP contribution in [0.5, 0.6) is 5.75 Å².